The summed E-state index contributed by atoms with van der Waals surface area (Å²) in [4.78, 5) is 2.38. The Bertz CT molecular complexity index is 2100. The minimum absolute atomic E-state index is 0. The molecule has 22 heteroatoms. The number of halogens is 18. The van der Waals surface area contributed by atoms with Gasteiger partial charge in [0.05, 0.1) is 27.9 Å². The number of hydrogen-bond acceptors (Lipinski definition) is 1. The van der Waals surface area contributed by atoms with E-state index in [2.05, 4.69) is 101 Å². The van der Waals surface area contributed by atoms with Gasteiger partial charge in [-0.15, -0.1) is 5.69 Å². The summed E-state index contributed by atoms with van der Waals surface area (Å²) in [5.74, 6) is 0. The van der Waals surface area contributed by atoms with Crippen LogP contribution in [0.15, 0.2) is 144 Å². The normalized spacial score (nSPS) is 13.3. The maximum Gasteiger partial charge on any atom is 1.00 e. The molecule has 0 atom stereocenters. The number of benzene rings is 5. The van der Waals surface area contributed by atoms with Gasteiger partial charge in [-0.05, 0) is 54.2 Å². The van der Waals surface area contributed by atoms with Gasteiger partial charge in [-0.1, -0.05) is 109 Å². The van der Waals surface area contributed by atoms with E-state index in [4.69, 9.17) is 0 Å². The summed E-state index contributed by atoms with van der Waals surface area (Å²) in [5.41, 5.74) is -18.2. The Morgan fingerprint density at radius 2 is 0.738 bits per heavy atom. The van der Waals surface area contributed by atoms with Crippen LogP contribution in [0.1, 0.15) is 22.3 Å². The second-order valence-corrected chi connectivity index (χ2v) is 14.2. The van der Waals surface area contributed by atoms with Gasteiger partial charge < -0.3 is 5.32 Å². The number of hydrogen-bond donors (Lipinski definition) is 0. The second-order valence-electron chi connectivity index (χ2n) is 12.0. The predicted molar refractivity (Wildman–Crippen MR) is 188 cm³/mol. The monoisotopic (exact) mass is 998 g/mol. The first-order chi connectivity index (χ1) is 27.5. The predicted octanol–water partition coefficient (Wildman–Crippen LogP) is 14.0. The van der Waals surface area contributed by atoms with Crippen LogP contribution in [0, 0.1) is 0 Å². The van der Waals surface area contributed by atoms with Gasteiger partial charge in [-0.3, -0.25) is 0 Å². The van der Waals surface area contributed by atoms with Crippen molar-refractivity contribution in [1.29, 1.82) is 0 Å². The van der Waals surface area contributed by atoms with E-state index in [1.165, 1.54) is 15.9 Å². The second kappa shape index (κ2) is 19.5. The Morgan fingerprint density at radius 1 is 0.426 bits per heavy atom. The number of allylic oxidation sites excluding steroid dienone is 2. The van der Waals surface area contributed by atoms with Crippen molar-refractivity contribution in [2.45, 2.75) is 37.1 Å². The van der Waals surface area contributed by atoms with Gasteiger partial charge in [0.15, 0.2) is 0 Å². The van der Waals surface area contributed by atoms with Gasteiger partial charge in [-0.2, -0.15) is 79.0 Å². The Labute approximate surface area is 350 Å². The molecule has 2 nitrogen and oxygen atoms in total. The first-order valence-electron chi connectivity index (χ1n) is 16.2. The maximum atomic E-state index is 13.5. The molecule has 0 aromatic heterocycles. The molecule has 5 aromatic carbocycles. The molecular weight excluding hydrogens is 977 g/mol. The average Bonchev–Trinajstić information content (AvgIpc) is 3.13. The SMILES string of the molecule is FC(F)(F)C(/C=C(\[N-]c1cc(C(F)(F)F)cc(C(F)(F)F)c1)C(F)(F)F)=Nc1cc(C(F)(F)F)cc(C(F)(F)F)c1.[Ag+].c1ccc(P(c2ccccc2)c2ccccc2)cc1. The van der Waals surface area contributed by atoms with Gasteiger partial charge in [-0.25, -0.2) is 4.99 Å². The fourth-order valence-electron chi connectivity index (χ4n) is 4.95. The molecular formula is C39H22AgF18N2P. The molecule has 0 unspecified atom stereocenters. The summed E-state index contributed by atoms with van der Waals surface area (Å²) in [6.07, 6.45) is -35.7. The molecule has 0 saturated carbocycles. The molecule has 0 radical (unpaired) electrons. The van der Waals surface area contributed by atoms with Crippen molar-refractivity contribution in [3.05, 3.63) is 167 Å². The molecule has 5 rings (SSSR count). The van der Waals surface area contributed by atoms with Crippen LogP contribution in [-0.4, -0.2) is 18.1 Å². The number of nitrogens with zero attached hydrogens (tertiary/aromatic N) is 2. The minimum atomic E-state index is -6.08. The van der Waals surface area contributed by atoms with Crippen LogP contribution in [0.5, 0.6) is 0 Å². The number of alkyl halides is 18. The number of aliphatic imine (C=N–C) groups is 1. The van der Waals surface area contributed by atoms with Crippen molar-refractivity contribution in [3.63, 3.8) is 0 Å². The molecule has 0 N–H and O–H groups in total. The molecule has 5 aromatic rings. The zero-order chi connectivity index (χ0) is 44.9. The number of rotatable bonds is 7. The van der Waals surface area contributed by atoms with Gasteiger partial charge in [0.25, 0.3) is 0 Å². The Morgan fingerprint density at radius 3 is 1.02 bits per heavy atom. The largest absolute Gasteiger partial charge is 1.00 e. The van der Waals surface area contributed by atoms with Crippen molar-refractivity contribution < 1.29 is 101 Å². The van der Waals surface area contributed by atoms with E-state index in [0.717, 1.165) is 0 Å². The van der Waals surface area contributed by atoms with E-state index >= 15 is 0 Å². The first kappa shape index (κ1) is 50.6. The summed E-state index contributed by atoms with van der Waals surface area (Å²) < 4.78 is 237. The molecule has 0 bridgehead atoms. The Hall–Kier alpha value is -4.78. The van der Waals surface area contributed by atoms with Crippen LogP contribution in [0.25, 0.3) is 5.32 Å². The topological polar surface area (TPSA) is 26.5 Å². The summed E-state index contributed by atoms with van der Waals surface area (Å²) >= 11 is 0. The average molecular weight is 999 g/mol. The van der Waals surface area contributed by atoms with Crippen LogP contribution in [0.3, 0.4) is 0 Å². The van der Waals surface area contributed by atoms with E-state index in [-0.39, 0.29) is 46.6 Å². The standard InChI is InChI=1S/C21H7F18N2.C18H15P.Ag/c22-16(23,24)8-1-9(17(25,26)27)4-12(3-8)40-14(20(34,35)36)7-15(21(37,38)39)41-13-5-10(18(28,29)30)2-11(6-13)19(31,32)33;1-4-10-16(11-5-1)19(17-12-6-2-7-13-17)18-14-8-3-9-15-18;/h1-7H;1-15H;/q-1;;+1/b14-7-,41-15?;;. The molecule has 0 heterocycles. The van der Waals surface area contributed by atoms with Crippen molar-refractivity contribution in [3.8, 4) is 0 Å². The molecule has 0 amide bonds. The van der Waals surface area contributed by atoms with Crippen LogP contribution in [0.2, 0.25) is 0 Å². The van der Waals surface area contributed by atoms with E-state index < -0.39 is 108 Å². The minimum Gasteiger partial charge on any atom is -0.654 e. The molecule has 0 aliphatic carbocycles. The third-order valence-electron chi connectivity index (χ3n) is 7.54. The van der Waals surface area contributed by atoms with Gasteiger partial charge in [0, 0.05) is 0 Å². The van der Waals surface area contributed by atoms with Crippen LogP contribution in [0.4, 0.5) is 90.4 Å². The van der Waals surface area contributed by atoms with Crippen LogP contribution in [-0.2, 0) is 47.1 Å². The van der Waals surface area contributed by atoms with Crippen molar-refractivity contribution >= 4 is 40.9 Å². The van der Waals surface area contributed by atoms with Gasteiger partial charge in [0.1, 0.15) is 5.71 Å². The summed E-state index contributed by atoms with van der Waals surface area (Å²) in [6, 6.07) is 29.7. The summed E-state index contributed by atoms with van der Waals surface area (Å²) in [7, 11) is -0.446. The molecule has 330 valence electrons. The summed E-state index contributed by atoms with van der Waals surface area (Å²) in [6.45, 7) is 0. The fourth-order valence-corrected chi connectivity index (χ4v) is 7.25. The molecule has 61 heavy (non-hydrogen) atoms. The van der Waals surface area contributed by atoms with E-state index in [0.29, 0.717) is 0 Å². The zero-order valence-corrected chi connectivity index (χ0v) is 32.0. The van der Waals surface area contributed by atoms with Crippen molar-refractivity contribution in [2.75, 3.05) is 0 Å². The van der Waals surface area contributed by atoms with E-state index in [1.807, 2.05) is 0 Å². The van der Waals surface area contributed by atoms with Crippen LogP contribution < -0.4 is 15.9 Å². The smallest absolute Gasteiger partial charge is 0.654 e. The van der Waals surface area contributed by atoms with E-state index in [1.54, 1.807) is 0 Å². The molecule has 0 fully saturated rings. The van der Waals surface area contributed by atoms with Gasteiger partial charge in [0.2, 0.25) is 0 Å². The maximum absolute atomic E-state index is 13.5. The molecule has 0 aliphatic heterocycles. The summed E-state index contributed by atoms with van der Waals surface area (Å²) in [5, 5.41) is 6.58. The fraction of sp³-hybridized carbons (Fsp3) is 0.154. The quantitative estimate of drug-likeness (QED) is 0.0672. The molecule has 0 spiro atoms. The van der Waals surface area contributed by atoms with Gasteiger partial charge >= 0.3 is 59.4 Å². The molecule has 0 saturated heterocycles. The third-order valence-corrected chi connectivity index (χ3v) is 9.99. The first-order valence-corrected chi connectivity index (χ1v) is 17.6. The van der Waals surface area contributed by atoms with Crippen molar-refractivity contribution in [2.24, 2.45) is 4.99 Å². The third kappa shape index (κ3) is 14.7. The molecule has 0 aliphatic rings. The Kier molecular flexibility index (Phi) is 16.2. The van der Waals surface area contributed by atoms with E-state index in [9.17, 15) is 79.0 Å². The zero-order valence-electron chi connectivity index (χ0n) is 29.6. The Balaban J connectivity index is 0.000000409. The van der Waals surface area contributed by atoms with Crippen LogP contribution >= 0.6 is 7.92 Å². The van der Waals surface area contributed by atoms with Crippen molar-refractivity contribution in [1.82, 2.24) is 0 Å².